The molecule has 1 aliphatic rings. The van der Waals surface area contributed by atoms with Crippen LogP contribution in [0.2, 0.25) is 0 Å². The first-order chi connectivity index (χ1) is 5.16. The third-order valence-electron chi connectivity index (χ3n) is 2.04. The Morgan fingerprint density at radius 3 is 2.55 bits per heavy atom. The van der Waals surface area contributed by atoms with E-state index in [9.17, 15) is 10.2 Å². The zero-order valence-electron chi connectivity index (χ0n) is 6.73. The molecule has 11 heavy (non-hydrogen) atoms. The Morgan fingerprint density at radius 2 is 2.00 bits per heavy atom. The lowest BCUT2D eigenvalue weighted by Crippen LogP contribution is -2.52. The van der Waals surface area contributed by atoms with Crippen LogP contribution in [0.4, 0.5) is 0 Å². The van der Waals surface area contributed by atoms with Crippen LogP contribution in [-0.2, 0) is 9.47 Å². The van der Waals surface area contributed by atoms with Gasteiger partial charge in [0, 0.05) is 7.11 Å². The molecule has 0 aromatic carbocycles. The Labute approximate surface area is 65.7 Å². The first-order valence-corrected chi connectivity index (χ1v) is 3.67. The van der Waals surface area contributed by atoms with Gasteiger partial charge in [-0.05, 0) is 6.92 Å². The van der Waals surface area contributed by atoms with Crippen molar-refractivity contribution in [1.29, 1.82) is 0 Å². The summed E-state index contributed by atoms with van der Waals surface area (Å²) in [5.74, 6) is 0. The molecule has 1 fully saturated rings. The van der Waals surface area contributed by atoms with Crippen molar-refractivity contribution in [2.75, 3.05) is 13.7 Å². The number of aliphatic hydroxyl groups excluding tert-OH is 2. The molecule has 4 atom stereocenters. The van der Waals surface area contributed by atoms with Gasteiger partial charge in [0.15, 0.2) is 0 Å². The third-order valence-corrected chi connectivity index (χ3v) is 2.04. The smallest absolute Gasteiger partial charge is 0.111 e. The fourth-order valence-electron chi connectivity index (χ4n) is 1.15. The molecule has 0 bridgehead atoms. The quantitative estimate of drug-likeness (QED) is 0.527. The van der Waals surface area contributed by atoms with Crippen molar-refractivity contribution in [3.8, 4) is 0 Å². The van der Waals surface area contributed by atoms with Crippen LogP contribution in [0.5, 0.6) is 0 Å². The lowest BCUT2D eigenvalue weighted by Gasteiger charge is -2.35. The third kappa shape index (κ3) is 1.70. The SMILES string of the molecule is CO[C@H]1CO[C@H](C)[C@H](O)[C@@H]1O. The van der Waals surface area contributed by atoms with Gasteiger partial charge in [-0.1, -0.05) is 0 Å². The fraction of sp³-hybridized carbons (Fsp3) is 1.00. The number of hydrogen-bond acceptors (Lipinski definition) is 4. The van der Waals surface area contributed by atoms with E-state index in [-0.39, 0.29) is 6.10 Å². The van der Waals surface area contributed by atoms with Crippen LogP contribution in [0.3, 0.4) is 0 Å². The molecular weight excluding hydrogens is 148 g/mol. The second-order valence-corrected chi connectivity index (χ2v) is 2.79. The predicted molar refractivity (Wildman–Crippen MR) is 38.2 cm³/mol. The highest BCUT2D eigenvalue weighted by atomic mass is 16.6. The second kappa shape index (κ2) is 3.49. The van der Waals surface area contributed by atoms with E-state index in [1.807, 2.05) is 0 Å². The molecule has 0 aliphatic carbocycles. The van der Waals surface area contributed by atoms with Crippen LogP contribution in [0, 0.1) is 0 Å². The molecule has 1 saturated heterocycles. The maximum atomic E-state index is 9.35. The normalized spacial score (nSPS) is 45.8. The molecule has 0 aromatic rings. The van der Waals surface area contributed by atoms with Gasteiger partial charge in [-0.3, -0.25) is 0 Å². The van der Waals surface area contributed by atoms with Crippen LogP contribution in [0.25, 0.3) is 0 Å². The molecule has 2 N–H and O–H groups in total. The molecule has 4 nitrogen and oxygen atoms in total. The second-order valence-electron chi connectivity index (χ2n) is 2.79. The largest absolute Gasteiger partial charge is 0.388 e. The first kappa shape index (κ1) is 8.93. The molecule has 0 amide bonds. The highest BCUT2D eigenvalue weighted by Crippen LogP contribution is 2.16. The fourth-order valence-corrected chi connectivity index (χ4v) is 1.15. The summed E-state index contributed by atoms with van der Waals surface area (Å²) in [6.45, 7) is 2.07. The van der Waals surface area contributed by atoms with E-state index in [0.717, 1.165) is 0 Å². The van der Waals surface area contributed by atoms with Crippen LogP contribution < -0.4 is 0 Å². The van der Waals surface area contributed by atoms with Gasteiger partial charge in [-0.15, -0.1) is 0 Å². The molecular formula is C7H14O4. The molecule has 1 heterocycles. The average molecular weight is 162 g/mol. The molecule has 0 spiro atoms. The van der Waals surface area contributed by atoms with E-state index in [0.29, 0.717) is 6.61 Å². The number of methoxy groups -OCH3 is 1. The van der Waals surface area contributed by atoms with Crippen molar-refractivity contribution in [2.24, 2.45) is 0 Å². The van der Waals surface area contributed by atoms with Gasteiger partial charge < -0.3 is 19.7 Å². The van der Waals surface area contributed by atoms with Crippen molar-refractivity contribution in [1.82, 2.24) is 0 Å². The minimum absolute atomic E-state index is 0.309. The summed E-state index contributed by atoms with van der Waals surface area (Å²) in [7, 11) is 1.49. The van der Waals surface area contributed by atoms with Crippen molar-refractivity contribution >= 4 is 0 Å². The number of hydrogen-bond donors (Lipinski definition) is 2. The number of aliphatic hydroxyl groups is 2. The van der Waals surface area contributed by atoms with Crippen molar-refractivity contribution in [3.63, 3.8) is 0 Å². The first-order valence-electron chi connectivity index (χ1n) is 3.67. The predicted octanol–water partition coefficient (Wildman–Crippen LogP) is -0.858. The minimum Gasteiger partial charge on any atom is -0.388 e. The van der Waals surface area contributed by atoms with Crippen LogP contribution in [-0.4, -0.2) is 48.3 Å². The maximum Gasteiger partial charge on any atom is 0.111 e. The van der Waals surface area contributed by atoms with Gasteiger partial charge in [0.25, 0.3) is 0 Å². The molecule has 0 aromatic heterocycles. The van der Waals surface area contributed by atoms with Gasteiger partial charge in [-0.2, -0.15) is 0 Å². The number of rotatable bonds is 1. The number of ether oxygens (including phenoxy) is 2. The lowest BCUT2D eigenvalue weighted by atomic mass is 10.0. The summed E-state index contributed by atoms with van der Waals surface area (Å²) < 4.78 is 10.0. The van der Waals surface area contributed by atoms with E-state index in [4.69, 9.17) is 9.47 Å². The summed E-state index contributed by atoms with van der Waals surface area (Å²) in [6, 6.07) is 0. The molecule has 0 unspecified atom stereocenters. The van der Waals surface area contributed by atoms with Crippen LogP contribution in [0.1, 0.15) is 6.92 Å². The van der Waals surface area contributed by atoms with Gasteiger partial charge in [0.2, 0.25) is 0 Å². The molecule has 66 valence electrons. The highest BCUT2D eigenvalue weighted by molar-refractivity contribution is 4.84. The van der Waals surface area contributed by atoms with Crippen molar-refractivity contribution < 1.29 is 19.7 Å². The monoisotopic (exact) mass is 162 g/mol. The van der Waals surface area contributed by atoms with Gasteiger partial charge in [-0.25, -0.2) is 0 Å². The molecule has 0 radical (unpaired) electrons. The van der Waals surface area contributed by atoms with Gasteiger partial charge in [0.05, 0.1) is 12.7 Å². The van der Waals surface area contributed by atoms with E-state index < -0.39 is 18.3 Å². The minimum atomic E-state index is -0.839. The zero-order chi connectivity index (χ0) is 8.43. The summed E-state index contributed by atoms with van der Waals surface area (Å²) >= 11 is 0. The van der Waals surface area contributed by atoms with E-state index in [2.05, 4.69) is 0 Å². The van der Waals surface area contributed by atoms with Gasteiger partial charge >= 0.3 is 0 Å². The maximum absolute atomic E-state index is 9.35. The molecule has 1 rings (SSSR count). The Bertz CT molecular complexity index is 126. The topological polar surface area (TPSA) is 58.9 Å². The highest BCUT2D eigenvalue weighted by Gasteiger charge is 2.35. The Kier molecular flexibility index (Phi) is 2.84. The summed E-state index contributed by atoms with van der Waals surface area (Å²) in [5.41, 5.74) is 0. The van der Waals surface area contributed by atoms with E-state index in [1.165, 1.54) is 7.11 Å². The zero-order valence-corrected chi connectivity index (χ0v) is 6.73. The summed E-state index contributed by atoms with van der Waals surface area (Å²) in [5, 5.41) is 18.6. The molecule has 1 aliphatic heterocycles. The van der Waals surface area contributed by atoms with Crippen molar-refractivity contribution in [3.05, 3.63) is 0 Å². The van der Waals surface area contributed by atoms with E-state index in [1.54, 1.807) is 6.92 Å². The average Bonchev–Trinajstić information content (AvgIpc) is 2.01. The molecule has 4 heteroatoms. The molecule has 0 saturated carbocycles. The van der Waals surface area contributed by atoms with E-state index >= 15 is 0 Å². The summed E-state index contributed by atoms with van der Waals surface area (Å²) in [4.78, 5) is 0. The van der Waals surface area contributed by atoms with Gasteiger partial charge in [0.1, 0.15) is 18.3 Å². The van der Waals surface area contributed by atoms with Crippen molar-refractivity contribution in [2.45, 2.75) is 31.3 Å². The Hall–Kier alpha value is -0.160. The van der Waals surface area contributed by atoms with Crippen LogP contribution >= 0.6 is 0 Å². The standard InChI is InChI=1S/C7H14O4/c1-4-6(8)7(9)5(10-2)3-11-4/h4-9H,3H2,1-2H3/t4-,5+,6+,7-/m1/s1. The van der Waals surface area contributed by atoms with Crippen LogP contribution in [0.15, 0.2) is 0 Å². The summed E-state index contributed by atoms with van der Waals surface area (Å²) in [6.07, 6.45) is -2.38. The lowest BCUT2D eigenvalue weighted by molar-refractivity contribution is -0.189. The Balaban J connectivity index is 2.52. The Morgan fingerprint density at radius 1 is 1.36 bits per heavy atom.